The smallest absolute Gasteiger partial charge is 0.202 e. The number of nitrogen functional groups attached to an aromatic ring is 1. The van der Waals surface area contributed by atoms with E-state index in [-0.39, 0.29) is 0 Å². The topological polar surface area (TPSA) is 56.7 Å². The van der Waals surface area contributed by atoms with Gasteiger partial charge in [0.1, 0.15) is 5.52 Å². The zero-order valence-electron chi connectivity index (χ0n) is 8.72. The standard InChI is InChI=1S/C11H14N4/c1-7-5-8(7)6-15-10-9(14-11(15)12)3-2-4-13-10/h2-4,7-8H,5-6H2,1H3,(H2,12,14). The fraction of sp³-hybridized carbons (Fsp3) is 0.455. The molecule has 3 rings (SSSR count). The van der Waals surface area contributed by atoms with Crippen molar-refractivity contribution in [3.05, 3.63) is 18.3 Å². The Hall–Kier alpha value is -1.58. The molecule has 4 nitrogen and oxygen atoms in total. The summed E-state index contributed by atoms with van der Waals surface area (Å²) in [6, 6.07) is 3.84. The molecule has 1 saturated carbocycles. The van der Waals surface area contributed by atoms with Crippen LogP contribution < -0.4 is 5.73 Å². The van der Waals surface area contributed by atoms with Crippen molar-refractivity contribution in [2.75, 3.05) is 5.73 Å². The summed E-state index contributed by atoms with van der Waals surface area (Å²) in [5, 5.41) is 0. The van der Waals surface area contributed by atoms with Gasteiger partial charge in [-0.1, -0.05) is 6.92 Å². The van der Waals surface area contributed by atoms with Crippen LogP contribution in [0.2, 0.25) is 0 Å². The fourth-order valence-corrected chi connectivity index (χ4v) is 2.04. The molecule has 0 radical (unpaired) electrons. The van der Waals surface area contributed by atoms with Crippen LogP contribution in [0.15, 0.2) is 18.3 Å². The van der Waals surface area contributed by atoms with E-state index >= 15 is 0 Å². The van der Waals surface area contributed by atoms with Gasteiger partial charge in [-0.3, -0.25) is 4.57 Å². The van der Waals surface area contributed by atoms with Crippen LogP contribution in [0.5, 0.6) is 0 Å². The maximum atomic E-state index is 5.89. The lowest BCUT2D eigenvalue weighted by atomic mass is 10.3. The number of anilines is 1. The number of hydrogen-bond donors (Lipinski definition) is 1. The van der Waals surface area contributed by atoms with Gasteiger partial charge in [-0.05, 0) is 30.4 Å². The molecule has 1 aliphatic rings. The summed E-state index contributed by atoms with van der Waals surface area (Å²) in [6.45, 7) is 3.23. The van der Waals surface area contributed by atoms with Crippen LogP contribution in [0.3, 0.4) is 0 Å². The highest BCUT2D eigenvalue weighted by Crippen LogP contribution is 2.39. The summed E-state index contributed by atoms with van der Waals surface area (Å²) in [7, 11) is 0. The normalized spacial score (nSPS) is 24.6. The first-order valence-electron chi connectivity index (χ1n) is 5.32. The highest BCUT2D eigenvalue weighted by atomic mass is 15.2. The van der Waals surface area contributed by atoms with E-state index in [4.69, 9.17) is 5.73 Å². The van der Waals surface area contributed by atoms with Gasteiger partial charge in [0.15, 0.2) is 5.65 Å². The lowest BCUT2D eigenvalue weighted by Gasteiger charge is -2.03. The molecule has 2 unspecified atom stereocenters. The second kappa shape index (κ2) is 2.95. The maximum absolute atomic E-state index is 5.89. The molecular formula is C11H14N4. The Morgan fingerprint density at radius 1 is 1.60 bits per heavy atom. The third kappa shape index (κ3) is 1.37. The van der Waals surface area contributed by atoms with E-state index < -0.39 is 0 Å². The van der Waals surface area contributed by atoms with Crippen molar-refractivity contribution >= 4 is 17.1 Å². The van der Waals surface area contributed by atoms with Crippen LogP contribution in [0.4, 0.5) is 5.95 Å². The van der Waals surface area contributed by atoms with E-state index in [1.807, 2.05) is 16.7 Å². The molecular weight excluding hydrogens is 188 g/mol. The molecule has 2 aromatic heterocycles. The molecule has 2 heterocycles. The van der Waals surface area contributed by atoms with Gasteiger partial charge in [0.05, 0.1) is 0 Å². The molecule has 2 N–H and O–H groups in total. The lowest BCUT2D eigenvalue weighted by molar-refractivity contribution is 0.609. The third-order valence-electron chi connectivity index (χ3n) is 3.23. The van der Waals surface area contributed by atoms with Gasteiger partial charge in [-0.15, -0.1) is 0 Å². The summed E-state index contributed by atoms with van der Waals surface area (Å²) in [5.41, 5.74) is 7.69. The predicted octanol–water partition coefficient (Wildman–Crippen LogP) is 1.67. The summed E-state index contributed by atoms with van der Waals surface area (Å²) in [4.78, 5) is 8.63. The largest absolute Gasteiger partial charge is 0.369 e. The van der Waals surface area contributed by atoms with Crippen LogP contribution >= 0.6 is 0 Å². The van der Waals surface area contributed by atoms with E-state index in [1.165, 1.54) is 6.42 Å². The molecule has 0 aromatic carbocycles. The van der Waals surface area contributed by atoms with Crippen molar-refractivity contribution in [3.63, 3.8) is 0 Å². The Kier molecular flexibility index (Phi) is 1.71. The average Bonchev–Trinajstić information content (AvgIpc) is 2.82. The number of hydrogen-bond acceptors (Lipinski definition) is 3. The molecule has 2 atom stereocenters. The predicted molar refractivity (Wildman–Crippen MR) is 59.2 cm³/mol. The van der Waals surface area contributed by atoms with Gasteiger partial charge in [0.25, 0.3) is 0 Å². The minimum absolute atomic E-state index is 0.586. The van der Waals surface area contributed by atoms with Crippen LogP contribution in [-0.4, -0.2) is 14.5 Å². The number of pyridine rings is 1. The number of nitrogens with zero attached hydrogens (tertiary/aromatic N) is 3. The Morgan fingerprint density at radius 3 is 3.13 bits per heavy atom. The molecule has 0 bridgehead atoms. The van der Waals surface area contributed by atoms with E-state index in [9.17, 15) is 0 Å². The zero-order valence-corrected chi connectivity index (χ0v) is 8.72. The molecule has 0 amide bonds. The van der Waals surface area contributed by atoms with Crippen molar-refractivity contribution in [2.45, 2.75) is 19.9 Å². The highest BCUT2D eigenvalue weighted by molar-refractivity contribution is 5.73. The van der Waals surface area contributed by atoms with Gasteiger partial charge >= 0.3 is 0 Å². The number of imidazole rings is 1. The number of nitrogens with two attached hydrogens (primary N) is 1. The Labute approximate surface area is 88.1 Å². The minimum atomic E-state index is 0.586. The first kappa shape index (κ1) is 8.71. The lowest BCUT2D eigenvalue weighted by Crippen LogP contribution is -2.06. The molecule has 0 saturated heterocycles. The molecule has 0 aliphatic heterocycles. The second-order valence-corrected chi connectivity index (χ2v) is 4.40. The summed E-state index contributed by atoms with van der Waals surface area (Å²) in [6.07, 6.45) is 3.09. The van der Waals surface area contributed by atoms with E-state index in [2.05, 4.69) is 16.9 Å². The summed E-state index contributed by atoms with van der Waals surface area (Å²) < 4.78 is 2.03. The zero-order chi connectivity index (χ0) is 10.4. The van der Waals surface area contributed by atoms with Gasteiger partial charge in [0, 0.05) is 12.7 Å². The van der Waals surface area contributed by atoms with Crippen molar-refractivity contribution in [1.29, 1.82) is 0 Å². The van der Waals surface area contributed by atoms with Crippen molar-refractivity contribution in [1.82, 2.24) is 14.5 Å². The summed E-state index contributed by atoms with van der Waals surface area (Å²) >= 11 is 0. The highest BCUT2D eigenvalue weighted by Gasteiger charge is 2.33. The first-order chi connectivity index (χ1) is 7.25. The van der Waals surface area contributed by atoms with Gasteiger partial charge in [-0.25, -0.2) is 9.97 Å². The molecule has 4 heteroatoms. The van der Waals surface area contributed by atoms with E-state index in [1.54, 1.807) is 6.20 Å². The Balaban J connectivity index is 2.04. The fourth-order valence-electron chi connectivity index (χ4n) is 2.04. The van der Waals surface area contributed by atoms with Gasteiger partial charge in [-0.2, -0.15) is 0 Å². The molecule has 1 aliphatic carbocycles. The second-order valence-electron chi connectivity index (χ2n) is 4.40. The molecule has 15 heavy (non-hydrogen) atoms. The van der Waals surface area contributed by atoms with Crippen molar-refractivity contribution < 1.29 is 0 Å². The van der Waals surface area contributed by atoms with Gasteiger partial charge in [0.2, 0.25) is 5.95 Å². The van der Waals surface area contributed by atoms with Crippen LogP contribution in [0.25, 0.3) is 11.2 Å². The maximum Gasteiger partial charge on any atom is 0.202 e. The molecule has 2 aromatic rings. The minimum Gasteiger partial charge on any atom is -0.369 e. The van der Waals surface area contributed by atoms with Gasteiger partial charge < -0.3 is 5.73 Å². The SMILES string of the molecule is CC1CC1Cn1c(N)nc2cccnc21. The quantitative estimate of drug-likeness (QED) is 0.805. The first-order valence-corrected chi connectivity index (χ1v) is 5.32. The summed E-state index contributed by atoms with van der Waals surface area (Å²) in [5.74, 6) is 2.17. The van der Waals surface area contributed by atoms with Crippen LogP contribution in [-0.2, 0) is 6.54 Å². The molecule has 1 fully saturated rings. The Morgan fingerprint density at radius 2 is 2.40 bits per heavy atom. The molecule has 0 spiro atoms. The monoisotopic (exact) mass is 202 g/mol. The van der Waals surface area contributed by atoms with Crippen molar-refractivity contribution in [3.8, 4) is 0 Å². The third-order valence-corrected chi connectivity index (χ3v) is 3.23. The van der Waals surface area contributed by atoms with Crippen molar-refractivity contribution in [2.24, 2.45) is 11.8 Å². The average molecular weight is 202 g/mol. The van der Waals surface area contributed by atoms with Crippen LogP contribution in [0, 0.1) is 11.8 Å². The molecule has 78 valence electrons. The van der Waals surface area contributed by atoms with E-state index in [0.29, 0.717) is 5.95 Å². The van der Waals surface area contributed by atoms with E-state index in [0.717, 1.165) is 29.5 Å². The number of aromatic nitrogens is 3. The Bertz CT molecular complexity index is 502. The number of rotatable bonds is 2. The number of fused-ring (bicyclic) bond motifs is 1. The van der Waals surface area contributed by atoms with Crippen LogP contribution in [0.1, 0.15) is 13.3 Å².